The lowest BCUT2D eigenvalue weighted by Crippen LogP contribution is -2.34. The molecule has 0 unspecified atom stereocenters. The average Bonchev–Trinajstić information content (AvgIpc) is 3.23. The molecule has 3 aromatic heterocycles. The van der Waals surface area contributed by atoms with Crippen LogP contribution in [0.3, 0.4) is 0 Å². The number of nitrogens with zero attached hydrogens (tertiary/aromatic N) is 6. The van der Waals surface area contributed by atoms with Crippen molar-refractivity contribution in [3.05, 3.63) is 78.3 Å². The molecule has 0 N–H and O–H groups in total. The second-order valence-corrected chi connectivity index (χ2v) is 7.68. The molecule has 0 spiro atoms. The molecule has 6 heteroatoms. The summed E-state index contributed by atoms with van der Waals surface area (Å²) in [5.74, 6) is 2.65. The molecule has 1 saturated heterocycles. The topological polar surface area (TPSA) is 59.7 Å². The van der Waals surface area contributed by atoms with Crippen LogP contribution in [0.4, 0.5) is 5.82 Å². The maximum Gasteiger partial charge on any atom is 0.159 e. The first-order valence-corrected chi connectivity index (χ1v) is 10.2. The summed E-state index contributed by atoms with van der Waals surface area (Å²) >= 11 is 0. The molecular formula is C23H24N6. The number of hydrogen-bond acceptors (Lipinski definition) is 5. The van der Waals surface area contributed by atoms with Crippen molar-refractivity contribution in [2.75, 3.05) is 18.0 Å². The minimum atomic E-state index is 0.466. The summed E-state index contributed by atoms with van der Waals surface area (Å²) in [5.41, 5.74) is 2.23. The molecule has 6 nitrogen and oxygen atoms in total. The van der Waals surface area contributed by atoms with Gasteiger partial charge in [0.15, 0.2) is 5.82 Å². The first-order valence-electron chi connectivity index (χ1n) is 10.2. The highest BCUT2D eigenvalue weighted by atomic mass is 15.3. The van der Waals surface area contributed by atoms with Crippen LogP contribution >= 0.6 is 0 Å². The molecule has 0 bridgehead atoms. The van der Waals surface area contributed by atoms with Gasteiger partial charge in [-0.25, -0.2) is 4.98 Å². The number of pyridine rings is 1. The molecule has 29 heavy (non-hydrogen) atoms. The number of fused-ring (bicyclic) bond motifs is 1. The van der Waals surface area contributed by atoms with Crippen LogP contribution in [0.5, 0.6) is 0 Å². The van der Waals surface area contributed by atoms with Gasteiger partial charge < -0.3 is 9.47 Å². The molecule has 0 radical (unpaired) electrons. The van der Waals surface area contributed by atoms with Gasteiger partial charge in [-0.1, -0.05) is 24.3 Å². The number of hydrogen-bond donors (Lipinski definition) is 0. The highest BCUT2D eigenvalue weighted by Gasteiger charge is 2.26. The fourth-order valence-corrected chi connectivity index (χ4v) is 4.31. The van der Waals surface area contributed by atoms with Gasteiger partial charge in [-0.2, -0.15) is 5.10 Å². The van der Waals surface area contributed by atoms with Crippen LogP contribution in [0, 0.1) is 6.92 Å². The first kappa shape index (κ1) is 17.8. The van der Waals surface area contributed by atoms with Gasteiger partial charge >= 0.3 is 0 Å². The highest BCUT2D eigenvalue weighted by molar-refractivity contribution is 5.93. The van der Waals surface area contributed by atoms with Crippen molar-refractivity contribution in [2.24, 2.45) is 0 Å². The van der Waals surface area contributed by atoms with Crippen molar-refractivity contribution < 1.29 is 0 Å². The summed E-state index contributed by atoms with van der Waals surface area (Å²) in [6.45, 7) is 4.79. The number of imidazole rings is 1. The molecular weight excluding hydrogens is 360 g/mol. The predicted molar refractivity (Wildman–Crippen MR) is 114 cm³/mol. The summed E-state index contributed by atoms with van der Waals surface area (Å²) in [5, 5.41) is 11.3. The summed E-state index contributed by atoms with van der Waals surface area (Å²) in [4.78, 5) is 11.2. The lowest BCUT2D eigenvalue weighted by molar-refractivity contribution is 0.468. The molecule has 146 valence electrons. The van der Waals surface area contributed by atoms with Crippen LogP contribution in [0.2, 0.25) is 0 Å². The number of piperidine rings is 1. The van der Waals surface area contributed by atoms with Crippen LogP contribution in [-0.2, 0) is 6.54 Å². The zero-order valence-corrected chi connectivity index (χ0v) is 16.6. The number of benzene rings is 1. The van der Waals surface area contributed by atoms with E-state index in [0.29, 0.717) is 5.92 Å². The predicted octanol–water partition coefficient (Wildman–Crippen LogP) is 3.96. The summed E-state index contributed by atoms with van der Waals surface area (Å²) in [6, 6.07) is 12.6. The van der Waals surface area contributed by atoms with Gasteiger partial charge in [0.05, 0.1) is 5.69 Å². The van der Waals surface area contributed by atoms with Crippen molar-refractivity contribution >= 4 is 16.6 Å². The van der Waals surface area contributed by atoms with Crippen LogP contribution in [0.1, 0.15) is 35.8 Å². The average molecular weight is 384 g/mol. The Morgan fingerprint density at radius 2 is 1.69 bits per heavy atom. The number of rotatable bonds is 4. The quantitative estimate of drug-likeness (QED) is 0.533. The number of aryl methyl sites for hydroxylation is 1. The molecule has 0 aliphatic carbocycles. The van der Waals surface area contributed by atoms with Gasteiger partial charge in [-0.15, -0.1) is 5.10 Å². The highest BCUT2D eigenvalue weighted by Crippen LogP contribution is 2.32. The van der Waals surface area contributed by atoms with Crippen molar-refractivity contribution in [3.63, 3.8) is 0 Å². The Morgan fingerprint density at radius 1 is 0.931 bits per heavy atom. The number of aromatic nitrogens is 5. The van der Waals surface area contributed by atoms with E-state index in [0.717, 1.165) is 44.0 Å². The molecule has 1 aliphatic heterocycles. The SMILES string of the molecule is Cc1nnc(N2CCC(c3nccn3Cc3ccncc3)CC2)c2ccccc12. The van der Waals surface area contributed by atoms with E-state index in [1.165, 1.54) is 22.2 Å². The van der Waals surface area contributed by atoms with E-state index < -0.39 is 0 Å². The molecule has 4 heterocycles. The Labute approximate surface area is 170 Å². The minimum Gasteiger partial charge on any atom is -0.355 e. The van der Waals surface area contributed by atoms with E-state index in [4.69, 9.17) is 4.98 Å². The molecule has 0 saturated carbocycles. The normalized spacial score (nSPS) is 15.1. The Balaban J connectivity index is 1.33. The van der Waals surface area contributed by atoms with Crippen molar-refractivity contribution in [3.8, 4) is 0 Å². The van der Waals surface area contributed by atoms with Gasteiger partial charge in [-0.05, 0) is 37.5 Å². The molecule has 1 fully saturated rings. The Morgan fingerprint density at radius 3 is 2.48 bits per heavy atom. The maximum atomic E-state index is 4.70. The molecule has 0 atom stereocenters. The molecule has 5 rings (SSSR count). The van der Waals surface area contributed by atoms with Crippen molar-refractivity contribution in [2.45, 2.75) is 32.2 Å². The smallest absolute Gasteiger partial charge is 0.159 e. The largest absolute Gasteiger partial charge is 0.355 e. The second-order valence-electron chi connectivity index (χ2n) is 7.68. The van der Waals surface area contributed by atoms with Crippen LogP contribution < -0.4 is 4.90 Å². The lowest BCUT2D eigenvalue weighted by atomic mass is 9.95. The fraction of sp³-hybridized carbons (Fsp3) is 0.304. The lowest BCUT2D eigenvalue weighted by Gasteiger charge is -2.33. The van der Waals surface area contributed by atoms with E-state index >= 15 is 0 Å². The second kappa shape index (κ2) is 7.62. The molecule has 0 amide bonds. The summed E-state index contributed by atoms with van der Waals surface area (Å²) in [6.07, 6.45) is 9.83. The summed E-state index contributed by atoms with van der Waals surface area (Å²) in [7, 11) is 0. The standard InChI is InChI=1S/C23H24N6/c1-17-20-4-2-3-5-21(20)23(27-26-17)28-13-8-19(9-14-28)22-25-12-15-29(22)16-18-6-10-24-11-7-18/h2-7,10-12,15,19H,8-9,13-14,16H2,1H3. The van der Waals surface area contributed by atoms with Gasteiger partial charge in [0.1, 0.15) is 5.82 Å². The van der Waals surface area contributed by atoms with Crippen molar-refractivity contribution in [1.29, 1.82) is 0 Å². The monoisotopic (exact) mass is 384 g/mol. The van der Waals surface area contributed by atoms with Crippen molar-refractivity contribution in [1.82, 2.24) is 24.7 Å². The Kier molecular flexibility index (Phi) is 4.68. The van der Waals surface area contributed by atoms with E-state index in [9.17, 15) is 0 Å². The van der Waals surface area contributed by atoms with Gasteiger partial charge in [0, 0.05) is 61.1 Å². The Hall–Kier alpha value is -3.28. The fourth-order valence-electron chi connectivity index (χ4n) is 4.31. The number of anilines is 1. The third-order valence-electron chi connectivity index (χ3n) is 5.86. The zero-order valence-electron chi connectivity index (χ0n) is 16.6. The molecule has 1 aliphatic rings. The minimum absolute atomic E-state index is 0.466. The third-order valence-corrected chi connectivity index (χ3v) is 5.86. The van der Waals surface area contributed by atoms with E-state index in [1.54, 1.807) is 0 Å². The van der Waals surface area contributed by atoms with Crippen LogP contribution in [0.25, 0.3) is 10.8 Å². The summed E-state index contributed by atoms with van der Waals surface area (Å²) < 4.78 is 2.27. The van der Waals surface area contributed by atoms with Gasteiger partial charge in [-0.3, -0.25) is 4.98 Å². The van der Waals surface area contributed by atoms with Crippen LogP contribution in [-0.4, -0.2) is 37.8 Å². The zero-order chi connectivity index (χ0) is 19.6. The van der Waals surface area contributed by atoms with Crippen LogP contribution in [0.15, 0.2) is 61.2 Å². The van der Waals surface area contributed by atoms with Gasteiger partial charge in [0.25, 0.3) is 0 Å². The van der Waals surface area contributed by atoms with E-state index in [2.05, 4.69) is 67.2 Å². The van der Waals surface area contributed by atoms with Gasteiger partial charge in [0.2, 0.25) is 0 Å². The van der Waals surface area contributed by atoms with E-state index in [-0.39, 0.29) is 0 Å². The third kappa shape index (κ3) is 3.46. The molecule has 4 aromatic rings. The first-order chi connectivity index (χ1) is 14.3. The maximum absolute atomic E-state index is 4.70. The molecule has 1 aromatic carbocycles. The van der Waals surface area contributed by atoms with E-state index in [1.807, 2.05) is 25.5 Å². The Bertz CT molecular complexity index is 1110.